The topological polar surface area (TPSA) is 91.1 Å². The average Bonchev–Trinajstić information content (AvgIpc) is 3.30. The number of pyridine rings is 1. The number of benzene rings is 1. The molecule has 2 N–H and O–H groups in total. The molecule has 0 saturated carbocycles. The minimum absolute atomic E-state index is 0.0637. The molecular formula is C18H18N4O3. The molecule has 7 nitrogen and oxygen atoms in total. The second-order valence-electron chi connectivity index (χ2n) is 6.14. The molecule has 1 fully saturated rings. The van der Waals surface area contributed by atoms with Crippen LogP contribution in [0.5, 0.6) is 0 Å². The van der Waals surface area contributed by atoms with Gasteiger partial charge in [0.1, 0.15) is 11.5 Å². The number of methoxy groups -OCH3 is 1. The van der Waals surface area contributed by atoms with Crippen molar-refractivity contribution < 1.29 is 9.53 Å². The van der Waals surface area contributed by atoms with Gasteiger partial charge in [-0.15, -0.1) is 0 Å². The van der Waals surface area contributed by atoms with Gasteiger partial charge in [-0.05, 0) is 17.5 Å². The number of imidazole rings is 1. The van der Waals surface area contributed by atoms with Crippen molar-refractivity contribution in [2.75, 3.05) is 13.7 Å². The van der Waals surface area contributed by atoms with E-state index in [1.807, 2.05) is 12.1 Å². The van der Waals surface area contributed by atoms with Crippen LogP contribution in [0.15, 0.2) is 47.5 Å². The van der Waals surface area contributed by atoms with Crippen molar-refractivity contribution in [3.63, 3.8) is 0 Å². The van der Waals surface area contributed by atoms with Crippen LogP contribution in [0.2, 0.25) is 0 Å². The Bertz CT molecular complexity index is 964. The maximum absolute atomic E-state index is 13.1. The van der Waals surface area contributed by atoms with E-state index in [1.54, 1.807) is 42.6 Å². The number of amides is 1. The van der Waals surface area contributed by atoms with Crippen LogP contribution in [0.3, 0.4) is 0 Å². The average molecular weight is 338 g/mol. The first-order valence-electron chi connectivity index (χ1n) is 8.12. The van der Waals surface area contributed by atoms with Crippen molar-refractivity contribution >= 4 is 16.7 Å². The number of fused-ring (bicyclic) bond motifs is 1. The fourth-order valence-electron chi connectivity index (χ4n) is 3.39. The smallest absolute Gasteiger partial charge is 0.271 e. The van der Waals surface area contributed by atoms with E-state index in [9.17, 15) is 9.59 Å². The summed E-state index contributed by atoms with van der Waals surface area (Å²) >= 11 is 0. The van der Waals surface area contributed by atoms with Crippen LogP contribution in [-0.4, -0.2) is 45.5 Å². The van der Waals surface area contributed by atoms with Crippen LogP contribution >= 0.6 is 0 Å². The summed E-state index contributed by atoms with van der Waals surface area (Å²) in [7, 11) is 1.63. The summed E-state index contributed by atoms with van der Waals surface area (Å²) in [6.07, 6.45) is 3.99. The number of aromatic nitrogens is 3. The Kier molecular flexibility index (Phi) is 3.85. The molecule has 7 heteroatoms. The monoisotopic (exact) mass is 338 g/mol. The van der Waals surface area contributed by atoms with Crippen molar-refractivity contribution in [2.45, 2.75) is 18.6 Å². The molecular weight excluding hydrogens is 320 g/mol. The largest absolute Gasteiger partial charge is 0.380 e. The first kappa shape index (κ1) is 15.6. The van der Waals surface area contributed by atoms with Crippen LogP contribution in [0.1, 0.15) is 28.8 Å². The molecule has 0 aliphatic carbocycles. The van der Waals surface area contributed by atoms with E-state index in [-0.39, 0.29) is 29.3 Å². The van der Waals surface area contributed by atoms with Gasteiger partial charge in [0.15, 0.2) is 0 Å². The molecule has 1 aromatic carbocycles. The third-order valence-electron chi connectivity index (χ3n) is 4.68. The van der Waals surface area contributed by atoms with Crippen LogP contribution < -0.4 is 5.56 Å². The molecule has 128 valence electrons. The van der Waals surface area contributed by atoms with E-state index in [1.165, 1.54) is 0 Å². The minimum Gasteiger partial charge on any atom is -0.380 e. The summed E-state index contributed by atoms with van der Waals surface area (Å²) < 4.78 is 5.44. The highest BCUT2D eigenvalue weighted by Crippen LogP contribution is 2.32. The molecule has 2 atom stereocenters. The molecule has 1 amide bonds. The standard InChI is InChI=1S/C18H18N4O3/c1-25-12-9-15(16-19-6-7-20-16)22(10-12)18(24)14-8-11-4-2-3-5-13(11)17(23)21-14/h2-8,12,15H,9-10H2,1H3,(H,19,20)(H,21,23)/t12-,15?/m1/s1. The predicted molar refractivity (Wildman–Crippen MR) is 92.3 cm³/mol. The van der Waals surface area contributed by atoms with Gasteiger partial charge in [0.2, 0.25) is 0 Å². The summed E-state index contributed by atoms with van der Waals surface area (Å²) in [5.74, 6) is 0.486. The first-order chi connectivity index (χ1) is 12.2. The second kappa shape index (κ2) is 6.18. The summed E-state index contributed by atoms with van der Waals surface area (Å²) in [6, 6.07) is 8.73. The third kappa shape index (κ3) is 2.72. The summed E-state index contributed by atoms with van der Waals surface area (Å²) in [6.45, 7) is 0.454. The lowest BCUT2D eigenvalue weighted by molar-refractivity contribution is 0.0679. The van der Waals surface area contributed by atoms with Crippen molar-refractivity contribution in [1.29, 1.82) is 0 Å². The zero-order valence-electron chi connectivity index (χ0n) is 13.7. The van der Waals surface area contributed by atoms with Gasteiger partial charge in [-0.25, -0.2) is 4.98 Å². The van der Waals surface area contributed by atoms with Gasteiger partial charge >= 0.3 is 0 Å². The van der Waals surface area contributed by atoms with Crippen molar-refractivity contribution in [3.8, 4) is 0 Å². The van der Waals surface area contributed by atoms with E-state index in [0.717, 1.165) is 11.2 Å². The quantitative estimate of drug-likeness (QED) is 0.762. The molecule has 1 aliphatic rings. The third-order valence-corrected chi connectivity index (χ3v) is 4.68. The molecule has 0 bridgehead atoms. The van der Waals surface area contributed by atoms with Crippen molar-refractivity contribution in [1.82, 2.24) is 19.9 Å². The number of nitrogens with zero attached hydrogens (tertiary/aromatic N) is 2. The lowest BCUT2D eigenvalue weighted by Gasteiger charge is -2.22. The molecule has 2 aromatic heterocycles. The minimum atomic E-state index is -0.265. The van der Waals surface area contributed by atoms with Crippen LogP contribution in [0.4, 0.5) is 0 Å². The SMILES string of the molecule is CO[C@@H]1CC(c2ncc[nH]2)N(C(=O)c2cc3ccccc3c(=O)[nH]2)C1. The van der Waals surface area contributed by atoms with E-state index in [2.05, 4.69) is 15.0 Å². The van der Waals surface area contributed by atoms with E-state index in [0.29, 0.717) is 18.4 Å². The number of rotatable bonds is 3. The van der Waals surface area contributed by atoms with Crippen LogP contribution in [-0.2, 0) is 4.74 Å². The van der Waals surface area contributed by atoms with E-state index < -0.39 is 0 Å². The predicted octanol–water partition coefficient (Wildman–Crippen LogP) is 1.85. The Balaban J connectivity index is 1.73. The number of carbonyl (C=O) groups excluding carboxylic acids is 1. The fourth-order valence-corrected chi connectivity index (χ4v) is 3.39. The van der Waals surface area contributed by atoms with Gasteiger partial charge in [-0.1, -0.05) is 18.2 Å². The summed E-state index contributed by atoms with van der Waals surface area (Å²) in [5.41, 5.74) is 0.00972. The number of H-pyrrole nitrogens is 2. The Morgan fingerprint density at radius 1 is 1.36 bits per heavy atom. The molecule has 3 aromatic rings. The molecule has 0 spiro atoms. The Labute approximate surface area is 143 Å². The fraction of sp³-hybridized carbons (Fsp3) is 0.278. The Morgan fingerprint density at radius 2 is 2.20 bits per heavy atom. The molecule has 4 rings (SSSR count). The zero-order valence-corrected chi connectivity index (χ0v) is 13.7. The number of likely N-dealkylation sites (tertiary alicyclic amines) is 1. The molecule has 3 heterocycles. The first-order valence-corrected chi connectivity index (χ1v) is 8.12. The normalized spacial score (nSPS) is 20.3. The van der Waals surface area contributed by atoms with Gasteiger partial charge in [0.25, 0.3) is 11.5 Å². The van der Waals surface area contributed by atoms with Gasteiger partial charge < -0.3 is 19.6 Å². The molecule has 1 saturated heterocycles. The molecule has 25 heavy (non-hydrogen) atoms. The summed E-state index contributed by atoms with van der Waals surface area (Å²) in [4.78, 5) is 37.1. The number of carbonyl (C=O) groups is 1. The Morgan fingerprint density at radius 3 is 2.96 bits per heavy atom. The van der Waals surface area contributed by atoms with Gasteiger partial charge in [0, 0.05) is 37.9 Å². The maximum Gasteiger partial charge on any atom is 0.271 e. The van der Waals surface area contributed by atoms with Gasteiger partial charge in [-0.3, -0.25) is 9.59 Å². The lowest BCUT2D eigenvalue weighted by atomic mass is 10.1. The highest BCUT2D eigenvalue weighted by atomic mass is 16.5. The zero-order chi connectivity index (χ0) is 17.4. The number of aromatic amines is 2. The summed E-state index contributed by atoms with van der Waals surface area (Å²) in [5, 5.41) is 1.31. The number of hydrogen-bond donors (Lipinski definition) is 2. The molecule has 1 aliphatic heterocycles. The van der Waals surface area contributed by atoms with Crippen LogP contribution in [0, 0.1) is 0 Å². The molecule has 1 unspecified atom stereocenters. The van der Waals surface area contributed by atoms with Crippen molar-refractivity contribution in [3.05, 3.63) is 64.6 Å². The van der Waals surface area contributed by atoms with E-state index in [4.69, 9.17) is 4.74 Å². The highest BCUT2D eigenvalue weighted by molar-refractivity contribution is 5.96. The number of hydrogen-bond acceptors (Lipinski definition) is 4. The Hall–Kier alpha value is -2.93. The van der Waals surface area contributed by atoms with E-state index >= 15 is 0 Å². The number of ether oxygens (including phenoxy) is 1. The van der Waals surface area contributed by atoms with Gasteiger partial charge in [-0.2, -0.15) is 0 Å². The maximum atomic E-state index is 13.1. The van der Waals surface area contributed by atoms with Gasteiger partial charge in [0.05, 0.1) is 12.1 Å². The van der Waals surface area contributed by atoms with Crippen molar-refractivity contribution in [2.24, 2.45) is 0 Å². The lowest BCUT2D eigenvalue weighted by Crippen LogP contribution is -2.34. The van der Waals surface area contributed by atoms with Crippen LogP contribution in [0.25, 0.3) is 10.8 Å². The molecule has 0 radical (unpaired) electrons. The highest BCUT2D eigenvalue weighted by Gasteiger charge is 2.38. The number of nitrogens with one attached hydrogen (secondary N) is 2. The second-order valence-corrected chi connectivity index (χ2v) is 6.14.